The van der Waals surface area contributed by atoms with Crippen LogP contribution in [0.15, 0.2) is 24.3 Å². The Morgan fingerprint density at radius 3 is 2.61 bits per heavy atom. The van der Waals surface area contributed by atoms with Crippen LogP contribution in [0.2, 0.25) is 0 Å². The molecule has 23 heavy (non-hydrogen) atoms. The quantitative estimate of drug-likeness (QED) is 0.769. The Bertz CT molecular complexity index is 487. The molecule has 1 aromatic carbocycles. The molecule has 0 radical (unpaired) electrons. The second-order valence-corrected chi connectivity index (χ2v) is 6.42. The second kappa shape index (κ2) is 9.11. The molecule has 1 aromatic rings. The van der Waals surface area contributed by atoms with Crippen LogP contribution in [0.5, 0.6) is 5.75 Å². The van der Waals surface area contributed by atoms with Gasteiger partial charge in [0.15, 0.2) is 6.61 Å². The van der Waals surface area contributed by atoms with E-state index in [4.69, 9.17) is 4.74 Å². The van der Waals surface area contributed by atoms with Crippen molar-refractivity contribution >= 4 is 18.4 Å². The maximum Gasteiger partial charge on any atom is 0.343 e. The van der Waals surface area contributed by atoms with Gasteiger partial charge in [-0.3, -0.25) is 0 Å². The Balaban J connectivity index is 0.00000264. The average Bonchev–Trinajstić information content (AvgIpc) is 2.92. The molecule has 2 rings (SSSR count). The van der Waals surface area contributed by atoms with E-state index >= 15 is 0 Å². The summed E-state index contributed by atoms with van der Waals surface area (Å²) in [5.74, 6) is 0.311. The highest BCUT2D eigenvalue weighted by Gasteiger charge is 2.29. The van der Waals surface area contributed by atoms with E-state index < -0.39 is 0 Å². The molecule has 6 heteroatoms. The summed E-state index contributed by atoms with van der Waals surface area (Å²) in [7, 11) is 3.51. The number of carbonyl (C=O) groups excluding carboxylic acids is 1. The van der Waals surface area contributed by atoms with Crippen LogP contribution in [0.1, 0.15) is 18.9 Å². The van der Waals surface area contributed by atoms with Gasteiger partial charge in [0.1, 0.15) is 5.75 Å². The first kappa shape index (κ1) is 19.7. The zero-order valence-electron chi connectivity index (χ0n) is 14.1. The molecule has 1 aliphatic heterocycles. The van der Waals surface area contributed by atoms with Crippen LogP contribution >= 0.6 is 12.4 Å². The molecular formula is C17H27ClN2O3. The molecule has 0 amide bonds. The number of rotatable bonds is 7. The molecule has 0 aliphatic carbocycles. The third-order valence-corrected chi connectivity index (χ3v) is 4.07. The smallest absolute Gasteiger partial charge is 0.343 e. The fourth-order valence-corrected chi connectivity index (χ4v) is 2.92. The van der Waals surface area contributed by atoms with Crippen molar-refractivity contribution in [1.82, 2.24) is 10.2 Å². The molecule has 1 saturated heterocycles. The van der Waals surface area contributed by atoms with Gasteiger partial charge in [0.25, 0.3) is 0 Å². The SMILES string of the molecule is COC(=O)COc1ccc(CN(C)CC2(C)CCNC2)cc1.Cl. The first-order chi connectivity index (χ1) is 10.5. The van der Waals surface area contributed by atoms with E-state index in [1.54, 1.807) is 0 Å². The number of hydrogen-bond acceptors (Lipinski definition) is 5. The highest BCUT2D eigenvalue weighted by atomic mass is 35.5. The summed E-state index contributed by atoms with van der Waals surface area (Å²) in [4.78, 5) is 13.4. The molecule has 1 fully saturated rings. The number of benzene rings is 1. The molecule has 130 valence electrons. The Hall–Kier alpha value is -1.30. The number of hydrogen-bond donors (Lipinski definition) is 1. The lowest BCUT2D eigenvalue weighted by molar-refractivity contribution is -0.142. The highest BCUT2D eigenvalue weighted by molar-refractivity contribution is 5.85. The van der Waals surface area contributed by atoms with Gasteiger partial charge in [0.05, 0.1) is 7.11 Å². The fourth-order valence-electron chi connectivity index (χ4n) is 2.92. The van der Waals surface area contributed by atoms with Crippen molar-refractivity contribution in [3.05, 3.63) is 29.8 Å². The maximum atomic E-state index is 11.0. The normalized spacial score (nSPS) is 20.2. The summed E-state index contributed by atoms with van der Waals surface area (Å²) < 4.78 is 9.89. The van der Waals surface area contributed by atoms with Crippen molar-refractivity contribution in [1.29, 1.82) is 0 Å². The molecule has 0 bridgehead atoms. The molecule has 0 aromatic heterocycles. The van der Waals surface area contributed by atoms with Gasteiger partial charge < -0.3 is 19.7 Å². The monoisotopic (exact) mass is 342 g/mol. The second-order valence-electron chi connectivity index (χ2n) is 6.42. The van der Waals surface area contributed by atoms with Gasteiger partial charge in [-0.15, -0.1) is 12.4 Å². The van der Waals surface area contributed by atoms with Crippen LogP contribution < -0.4 is 10.1 Å². The standard InChI is InChI=1S/C17H26N2O3.ClH/c1-17(8-9-18-12-17)13-19(2)10-14-4-6-15(7-5-14)22-11-16(20)21-3;/h4-7,18H,8-13H2,1-3H3;1H. The van der Waals surface area contributed by atoms with Crippen LogP contribution in [-0.2, 0) is 16.1 Å². The van der Waals surface area contributed by atoms with Crippen molar-refractivity contribution in [3.8, 4) is 5.75 Å². The molecule has 1 unspecified atom stereocenters. The van der Waals surface area contributed by atoms with E-state index in [-0.39, 0.29) is 25.0 Å². The summed E-state index contributed by atoms with van der Waals surface area (Å²) in [6, 6.07) is 7.87. The molecule has 1 heterocycles. The number of ether oxygens (including phenoxy) is 2. The van der Waals surface area contributed by atoms with Crippen molar-refractivity contribution < 1.29 is 14.3 Å². The van der Waals surface area contributed by atoms with Crippen molar-refractivity contribution in [2.75, 3.05) is 40.4 Å². The zero-order chi connectivity index (χ0) is 16.0. The average molecular weight is 343 g/mol. The summed E-state index contributed by atoms with van der Waals surface area (Å²) in [5.41, 5.74) is 1.61. The van der Waals surface area contributed by atoms with Crippen molar-refractivity contribution in [2.24, 2.45) is 5.41 Å². The number of carbonyl (C=O) groups is 1. The van der Waals surface area contributed by atoms with Gasteiger partial charge >= 0.3 is 5.97 Å². The number of halogens is 1. The fraction of sp³-hybridized carbons (Fsp3) is 0.588. The van der Waals surface area contributed by atoms with Crippen LogP contribution in [0.4, 0.5) is 0 Å². The largest absolute Gasteiger partial charge is 0.482 e. The lowest BCUT2D eigenvalue weighted by atomic mass is 9.89. The topological polar surface area (TPSA) is 50.8 Å². The summed E-state index contributed by atoms with van der Waals surface area (Å²) in [5, 5.41) is 3.44. The Morgan fingerprint density at radius 1 is 1.35 bits per heavy atom. The highest BCUT2D eigenvalue weighted by Crippen LogP contribution is 2.25. The van der Waals surface area contributed by atoms with Gasteiger partial charge in [0, 0.05) is 19.6 Å². The zero-order valence-corrected chi connectivity index (χ0v) is 14.9. The van der Waals surface area contributed by atoms with E-state index in [2.05, 4.69) is 28.9 Å². The van der Waals surface area contributed by atoms with Gasteiger partial charge in [-0.25, -0.2) is 4.79 Å². The maximum absolute atomic E-state index is 11.0. The minimum Gasteiger partial charge on any atom is -0.482 e. The van der Waals surface area contributed by atoms with Gasteiger partial charge in [-0.1, -0.05) is 19.1 Å². The van der Waals surface area contributed by atoms with E-state index in [9.17, 15) is 4.79 Å². The minimum absolute atomic E-state index is 0. The minimum atomic E-state index is -0.373. The van der Waals surface area contributed by atoms with Gasteiger partial charge in [-0.05, 0) is 43.1 Å². The summed E-state index contributed by atoms with van der Waals surface area (Å²) in [6.07, 6.45) is 1.23. The summed E-state index contributed by atoms with van der Waals surface area (Å²) >= 11 is 0. The summed E-state index contributed by atoms with van der Waals surface area (Å²) in [6.45, 7) is 6.50. The Kier molecular flexibility index (Phi) is 7.82. The Labute approximate surface area is 144 Å². The van der Waals surface area contributed by atoms with E-state index in [1.165, 1.54) is 19.1 Å². The predicted molar refractivity (Wildman–Crippen MR) is 93.1 cm³/mol. The third-order valence-electron chi connectivity index (χ3n) is 4.07. The third kappa shape index (κ3) is 6.37. The molecule has 0 saturated carbocycles. The Morgan fingerprint density at radius 2 is 2.04 bits per heavy atom. The molecule has 0 spiro atoms. The first-order valence-electron chi connectivity index (χ1n) is 7.69. The molecular weight excluding hydrogens is 316 g/mol. The lowest BCUT2D eigenvalue weighted by Crippen LogP contribution is -2.34. The molecule has 1 aliphatic rings. The number of methoxy groups -OCH3 is 1. The number of nitrogens with one attached hydrogen (secondary N) is 1. The number of esters is 1. The van der Waals surface area contributed by atoms with E-state index in [0.717, 1.165) is 26.2 Å². The predicted octanol–water partition coefficient (Wildman–Crippen LogP) is 2.09. The number of nitrogens with zero attached hydrogens (tertiary/aromatic N) is 1. The van der Waals surface area contributed by atoms with Crippen LogP contribution in [0, 0.1) is 5.41 Å². The molecule has 5 nitrogen and oxygen atoms in total. The van der Waals surface area contributed by atoms with Crippen LogP contribution in [0.25, 0.3) is 0 Å². The van der Waals surface area contributed by atoms with Crippen LogP contribution in [0.3, 0.4) is 0 Å². The lowest BCUT2D eigenvalue weighted by Gasteiger charge is -2.29. The van der Waals surface area contributed by atoms with Crippen molar-refractivity contribution in [3.63, 3.8) is 0 Å². The van der Waals surface area contributed by atoms with E-state index in [1.807, 2.05) is 24.3 Å². The van der Waals surface area contributed by atoms with Crippen molar-refractivity contribution in [2.45, 2.75) is 19.9 Å². The molecule has 1 atom stereocenters. The van der Waals surface area contributed by atoms with E-state index in [0.29, 0.717) is 11.2 Å². The molecule has 1 N–H and O–H groups in total. The first-order valence-corrected chi connectivity index (χ1v) is 7.69. The van der Waals surface area contributed by atoms with Crippen LogP contribution in [-0.4, -0.2) is 51.3 Å². The van der Waals surface area contributed by atoms with Gasteiger partial charge in [-0.2, -0.15) is 0 Å². The van der Waals surface area contributed by atoms with Gasteiger partial charge in [0.2, 0.25) is 0 Å².